The Hall–Kier alpha value is -1.53. The lowest BCUT2D eigenvalue weighted by molar-refractivity contribution is -0.144. The number of esters is 1. The van der Waals surface area contributed by atoms with Gasteiger partial charge in [0.2, 0.25) is 5.89 Å². The van der Waals surface area contributed by atoms with E-state index in [9.17, 15) is 4.79 Å². The highest BCUT2D eigenvalue weighted by Gasteiger charge is 2.14. The Morgan fingerprint density at radius 3 is 2.85 bits per heavy atom. The van der Waals surface area contributed by atoms with Crippen molar-refractivity contribution in [2.45, 2.75) is 25.2 Å². The largest absolute Gasteiger partial charge is 0.462 e. The van der Waals surface area contributed by atoms with Gasteiger partial charge < -0.3 is 9.15 Å². The highest BCUT2D eigenvalue weighted by molar-refractivity contribution is 7.99. The molecule has 0 aliphatic carbocycles. The van der Waals surface area contributed by atoms with E-state index >= 15 is 0 Å². The number of carbonyl (C=O) groups is 1. The van der Waals surface area contributed by atoms with Crippen molar-refractivity contribution in [3.63, 3.8) is 0 Å². The van der Waals surface area contributed by atoms with Gasteiger partial charge in [-0.05, 0) is 26.0 Å². The third-order valence-corrected chi connectivity index (χ3v) is 3.31. The zero-order valence-electron chi connectivity index (χ0n) is 11.0. The molecule has 0 atom stereocenters. The molecule has 0 N–H and O–H groups in total. The van der Waals surface area contributed by atoms with Gasteiger partial charge in [0.05, 0.1) is 16.7 Å². The summed E-state index contributed by atoms with van der Waals surface area (Å²) in [4.78, 5) is 11.4. The fourth-order valence-corrected chi connectivity index (χ4v) is 2.19. The second kappa shape index (κ2) is 6.76. The fourth-order valence-electron chi connectivity index (χ4n) is 1.43. The minimum absolute atomic E-state index is 0.127. The lowest BCUT2D eigenvalue weighted by atomic mass is 10.2. The third-order valence-electron chi connectivity index (χ3n) is 2.19. The molecule has 7 heteroatoms. The third kappa shape index (κ3) is 3.98. The maximum atomic E-state index is 11.4. The van der Waals surface area contributed by atoms with Gasteiger partial charge in [0.1, 0.15) is 5.75 Å². The molecule has 0 amide bonds. The van der Waals surface area contributed by atoms with E-state index < -0.39 is 0 Å². The molecule has 0 saturated carbocycles. The molecule has 0 unspecified atom stereocenters. The van der Waals surface area contributed by atoms with Gasteiger partial charge in [0.25, 0.3) is 5.22 Å². The predicted octanol–water partition coefficient (Wildman–Crippen LogP) is 3.43. The molecule has 0 aliphatic heterocycles. The summed E-state index contributed by atoms with van der Waals surface area (Å²) < 4.78 is 10.5. The van der Waals surface area contributed by atoms with Crippen LogP contribution in [0.2, 0.25) is 5.02 Å². The first-order valence-electron chi connectivity index (χ1n) is 5.97. The van der Waals surface area contributed by atoms with Gasteiger partial charge in [-0.1, -0.05) is 35.5 Å². The van der Waals surface area contributed by atoms with Crippen molar-refractivity contribution in [1.82, 2.24) is 10.2 Å². The van der Waals surface area contributed by atoms with Gasteiger partial charge in [0.15, 0.2) is 0 Å². The molecule has 0 saturated heterocycles. The SMILES string of the molecule is CC(C)OC(=O)CSc1nnc(-c2ccccc2Cl)o1. The molecular formula is C13H13ClN2O3S. The number of carbonyl (C=O) groups excluding carboxylic acids is 1. The Labute approximate surface area is 125 Å². The standard InChI is InChI=1S/C13H13ClN2O3S/c1-8(2)18-11(17)7-20-13-16-15-12(19-13)9-5-3-4-6-10(9)14/h3-6,8H,7H2,1-2H3. The maximum Gasteiger partial charge on any atom is 0.316 e. The summed E-state index contributed by atoms with van der Waals surface area (Å²) in [6, 6.07) is 7.18. The molecule has 0 aliphatic rings. The van der Waals surface area contributed by atoms with Gasteiger partial charge >= 0.3 is 5.97 Å². The van der Waals surface area contributed by atoms with E-state index in [1.807, 2.05) is 12.1 Å². The summed E-state index contributed by atoms with van der Waals surface area (Å²) in [6.45, 7) is 3.59. The minimum Gasteiger partial charge on any atom is -0.462 e. The summed E-state index contributed by atoms with van der Waals surface area (Å²) in [5, 5.41) is 8.62. The Morgan fingerprint density at radius 1 is 1.40 bits per heavy atom. The number of hydrogen-bond acceptors (Lipinski definition) is 6. The van der Waals surface area contributed by atoms with Crippen LogP contribution in [0.4, 0.5) is 0 Å². The zero-order chi connectivity index (χ0) is 14.5. The van der Waals surface area contributed by atoms with E-state index in [0.29, 0.717) is 21.7 Å². The highest BCUT2D eigenvalue weighted by Crippen LogP contribution is 2.28. The van der Waals surface area contributed by atoms with Crippen molar-refractivity contribution in [2.75, 3.05) is 5.75 Å². The van der Waals surface area contributed by atoms with Crippen molar-refractivity contribution in [2.24, 2.45) is 0 Å². The second-order valence-electron chi connectivity index (χ2n) is 4.18. The number of hydrogen-bond donors (Lipinski definition) is 0. The normalized spacial score (nSPS) is 10.8. The first-order valence-corrected chi connectivity index (χ1v) is 7.33. The molecule has 20 heavy (non-hydrogen) atoms. The van der Waals surface area contributed by atoms with Gasteiger partial charge in [-0.25, -0.2) is 0 Å². The molecule has 0 spiro atoms. The highest BCUT2D eigenvalue weighted by atomic mass is 35.5. The number of benzene rings is 1. The molecule has 5 nitrogen and oxygen atoms in total. The van der Waals surface area contributed by atoms with E-state index in [1.54, 1.807) is 26.0 Å². The first kappa shape index (κ1) is 14.9. The van der Waals surface area contributed by atoms with E-state index in [0.717, 1.165) is 11.8 Å². The molecule has 0 fully saturated rings. The summed E-state index contributed by atoms with van der Waals surface area (Å²) in [5.41, 5.74) is 0.665. The van der Waals surface area contributed by atoms with Gasteiger partial charge in [-0.15, -0.1) is 10.2 Å². The lowest BCUT2D eigenvalue weighted by Gasteiger charge is -2.05. The Kier molecular flexibility index (Phi) is 5.03. The maximum absolute atomic E-state index is 11.4. The molecule has 1 aromatic heterocycles. The average Bonchev–Trinajstić information content (AvgIpc) is 2.85. The van der Waals surface area contributed by atoms with Crippen LogP contribution >= 0.6 is 23.4 Å². The van der Waals surface area contributed by atoms with Crippen molar-refractivity contribution >= 4 is 29.3 Å². The molecule has 2 rings (SSSR count). The molecule has 106 valence electrons. The molecule has 2 aromatic rings. The van der Waals surface area contributed by atoms with E-state index in [-0.39, 0.29) is 17.8 Å². The fraction of sp³-hybridized carbons (Fsp3) is 0.308. The topological polar surface area (TPSA) is 65.2 Å². The van der Waals surface area contributed by atoms with Gasteiger partial charge in [-0.2, -0.15) is 0 Å². The Balaban J connectivity index is 2.00. The smallest absolute Gasteiger partial charge is 0.316 e. The lowest BCUT2D eigenvalue weighted by Crippen LogP contribution is -2.13. The van der Waals surface area contributed by atoms with Crippen LogP contribution in [0.1, 0.15) is 13.8 Å². The summed E-state index contributed by atoms with van der Waals surface area (Å²) in [7, 11) is 0. The van der Waals surface area contributed by atoms with Gasteiger partial charge in [0, 0.05) is 0 Å². The number of rotatable bonds is 5. The first-order chi connectivity index (χ1) is 9.56. The number of thioether (sulfide) groups is 1. The molecule has 0 bridgehead atoms. The van der Waals surface area contributed by atoms with Crippen LogP contribution in [0.15, 0.2) is 33.9 Å². The van der Waals surface area contributed by atoms with Crippen LogP contribution in [0, 0.1) is 0 Å². The van der Waals surface area contributed by atoms with Crippen LogP contribution in [-0.4, -0.2) is 28.0 Å². The predicted molar refractivity (Wildman–Crippen MR) is 76.7 cm³/mol. The van der Waals surface area contributed by atoms with Crippen molar-refractivity contribution in [3.05, 3.63) is 29.3 Å². The zero-order valence-corrected chi connectivity index (χ0v) is 12.6. The minimum atomic E-state index is -0.317. The van der Waals surface area contributed by atoms with Crippen molar-refractivity contribution in [3.8, 4) is 11.5 Å². The number of aromatic nitrogens is 2. The summed E-state index contributed by atoms with van der Waals surface area (Å²) in [5.74, 6) is 0.139. The average molecular weight is 313 g/mol. The van der Waals surface area contributed by atoms with Crippen molar-refractivity contribution < 1.29 is 13.9 Å². The molecular weight excluding hydrogens is 300 g/mol. The number of ether oxygens (including phenoxy) is 1. The van der Waals surface area contributed by atoms with E-state index in [2.05, 4.69) is 10.2 Å². The van der Waals surface area contributed by atoms with Crippen molar-refractivity contribution in [1.29, 1.82) is 0 Å². The van der Waals surface area contributed by atoms with Crippen LogP contribution in [0.5, 0.6) is 0 Å². The second-order valence-corrected chi connectivity index (χ2v) is 5.51. The summed E-state index contributed by atoms with van der Waals surface area (Å²) >= 11 is 7.18. The van der Waals surface area contributed by atoms with Crippen LogP contribution in [0.3, 0.4) is 0 Å². The monoisotopic (exact) mass is 312 g/mol. The van der Waals surface area contributed by atoms with Crippen LogP contribution < -0.4 is 0 Å². The Bertz CT molecular complexity index is 601. The molecule has 1 heterocycles. The van der Waals surface area contributed by atoms with E-state index in [1.165, 1.54) is 0 Å². The molecule has 1 aromatic carbocycles. The summed E-state index contributed by atoms with van der Waals surface area (Å²) in [6.07, 6.45) is -0.135. The van der Waals surface area contributed by atoms with Crippen LogP contribution in [-0.2, 0) is 9.53 Å². The number of halogens is 1. The van der Waals surface area contributed by atoms with Gasteiger partial charge in [-0.3, -0.25) is 4.79 Å². The van der Waals surface area contributed by atoms with E-state index in [4.69, 9.17) is 20.8 Å². The Morgan fingerprint density at radius 2 is 2.15 bits per heavy atom. The molecule has 0 radical (unpaired) electrons. The number of nitrogens with zero attached hydrogens (tertiary/aromatic N) is 2. The van der Waals surface area contributed by atoms with Crippen LogP contribution in [0.25, 0.3) is 11.5 Å². The quantitative estimate of drug-likeness (QED) is 0.622.